The van der Waals surface area contributed by atoms with Gasteiger partial charge >= 0.3 is 5.97 Å². The average molecular weight is 284 g/mol. The Morgan fingerprint density at radius 1 is 1.47 bits per heavy atom. The molecule has 0 saturated heterocycles. The number of carbonyl (C=O) groups is 2. The molecule has 0 spiro atoms. The Hall–Kier alpha value is -1.43. The number of esters is 1. The van der Waals surface area contributed by atoms with Gasteiger partial charge in [0.05, 0.1) is 18.7 Å². The van der Waals surface area contributed by atoms with Gasteiger partial charge in [-0.15, -0.1) is 11.3 Å². The van der Waals surface area contributed by atoms with Crippen molar-refractivity contribution in [3.8, 4) is 0 Å². The Labute approximate surface area is 117 Å². The van der Waals surface area contributed by atoms with Crippen molar-refractivity contribution in [1.29, 1.82) is 0 Å². The van der Waals surface area contributed by atoms with Gasteiger partial charge in [0.2, 0.25) is 5.91 Å². The predicted molar refractivity (Wildman–Crippen MR) is 73.5 cm³/mol. The first kappa shape index (κ1) is 15.6. The van der Waals surface area contributed by atoms with Crippen molar-refractivity contribution in [3.63, 3.8) is 0 Å². The van der Waals surface area contributed by atoms with Crippen LogP contribution < -0.4 is 5.32 Å². The van der Waals surface area contributed by atoms with Crippen LogP contribution in [0.4, 0.5) is 0 Å². The molecule has 1 rings (SSSR count). The summed E-state index contributed by atoms with van der Waals surface area (Å²) in [5, 5.41) is 2.76. The van der Waals surface area contributed by atoms with Crippen LogP contribution in [0, 0.1) is 11.3 Å². The lowest BCUT2D eigenvalue weighted by Crippen LogP contribution is -2.43. The van der Waals surface area contributed by atoms with Crippen molar-refractivity contribution >= 4 is 23.2 Å². The highest BCUT2D eigenvalue weighted by molar-refractivity contribution is 7.09. The summed E-state index contributed by atoms with van der Waals surface area (Å²) in [6, 6.07) is 0. The maximum absolute atomic E-state index is 12.2. The normalized spacial score (nSPS) is 12.8. The largest absolute Gasteiger partial charge is 0.465 e. The van der Waals surface area contributed by atoms with Gasteiger partial charge in [0.25, 0.3) is 0 Å². The summed E-state index contributed by atoms with van der Waals surface area (Å²) in [5.74, 6) is -1.59. The number of amides is 1. The summed E-state index contributed by atoms with van der Waals surface area (Å²) in [6.07, 6.45) is 1.70. The molecule has 0 aliphatic carbocycles. The molecular formula is C13H20N2O3S. The van der Waals surface area contributed by atoms with Crippen molar-refractivity contribution in [2.45, 2.75) is 34.2 Å². The molecule has 1 atom stereocenters. The van der Waals surface area contributed by atoms with E-state index in [-0.39, 0.29) is 12.5 Å². The summed E-state index contributed by atoms with van der Waals surface area (Å²) in [5.41, 5.74) is 1.22. The lowest BCUT2D eigenvalue weighted by Gasteiger charge is -2.27. The highest BCUT2D eigenvalue weighted by atomic mass is 32.1. The molecule has 5 nitrogen and oxygen atoms in total. The molecular weight excluding hydrogens is 264 g/mol. The molecule has 106 valence electrons. The molecule has 1 N–H and O–H groups in total. The van der Waals surface area contributed by atoms with Crippen LogP contribution in [0.1, 0.15) is 32.6 Å². The standard InChI is InChI=1S/C13H20N2O3S/c1-5-18-12(17)10(13(2,3)4)11(16)15-7-9-6-14-8-19-9/h6,8,10H,5,7H2,1-4H3,(H,15,16). The van der Waals surface area contributed by atoms with E-state index >= 15 is 0 Å². The van der Waals surface area contributed by atoms with E-state index in [4.69, 9.17) is 4.74 Å². The molecule has 0 aliphatic rings. The Bertz CT molecular complexity index is 424. The first-order valence-corrected chi connectivity index (χ1v) is 7.06. The van der Waals surface area contributed by atoms with Gasteiger partial charge < -0.3 is 10.1 Å². The zero-order chi connectivity index (χ0) is 14.5. The van der Waals surface area contributed by atoms with Crippen LogP contribution in [-0.2, 0) is 20.9 Å². The second-order valence-corrected chi connectivity index (χ2v) is 6.21. The summed E-state index contributed by atoms with van der Waals surface area (Å²) < 4.78 is 4.98. The van der Waals surface area contributed by atoms with Gasteiger partial charge in [-0.05, 0) is 12.3 Å². The smallest absolute Gasteiger partial charge is 0.319 e. The Morgan fingerprint density at radius 2 is 2.16 bits per heavy atom. The fourth-order valence-electron chi connectivity index (χ4n) is 1.69. The third kappa shape index (κ3) is 4.63. The van der Waals surface area contributed by atoms with Crippen LogP contribution in [-0.4, -0.2) is 23.5 Å². The average Bonchev–Trinajstić information content (AvgIpc) is 2.77. The minimum Gasteiger partial charge on any atom is -0.465 e. The number of carbonyl (C=O) groups excluding carboxylic acids is 2. The van der Waals surface area contributed by atoms with Crippen molar-refractivity contribution in [1.82, 2.24) is 10.3 Å². The fourth-order valence-corrected chi connectivity index (χ4v) is 2.22. The van der Waals surface area contributed by atoms with Crippen LogP contribution in [0.3, 0.4) is 0 Å². The second-order valence-electron chi connectivity index (χ2n) is 5.24. The highest BCUT2D eigenvalue weighted by Gasteiger charge is 2.38. The number of hydrogen-bond acceptors (Lipinski definition) is 5. The summed E-state index contributed by atoms with van der Waals surface area (Å²) in [6.45, 7) is 7.93. The molecule has 1 amide bonds. The van der Waals surface area contributed by atoms with E-state index in [1.165, 1.54) is 11.3 Å². The maximum Gasteiger partial charge on any atom is 0.319 e. The molecule has 1 aromatic heterocycles. The van der Waals surface area contributed by atoms with Gasteiger partial charge in [-0.1, -0.05) is 20.8 Å². The highest BCUT2D eigenvalue weighted by Crippen LogP contribution is 2.27. The van der Waals surface area contributed by atoms with Crippen molar-refractivity contribution in [2.75, 3.05) is 6.61 Å². The molecule has 0 aliphatic heterocycles. The predicted octanol–water partition coefficient (Wildman–Crippen LogP) is 1.98. The lowest BCUT2D eigenvalue weighted by molar-refractivity contribution is -0.156. The van der Waals surface area contributed by atoms with Gasteiger partial charge in [0.1, 0.15) is 5.92 Å². The number of thiazole rings is 1. The summed E-state index contributed by atoms with van der Waals surface area (Å²) in [7, 11) is 0. The molecule has 1 heterocycles. The number of aromatic nitrogens is 1. The van der Waals surface area contributed by atoms with Crippen molar-refractivity contribution in [2.24, 2.45) is 11.3 Å². The Morgan fingerprint density at radius 3 is 2.63 bits per heavy atom. The molecule has 1 aromatic rings. The topological polar surface area (TPSA) is 68.3 Å². The maximum atomic E-state index is 12.2. The zero-order valence-electron chi connectivity index (χ0n) is 11.7. The molecule has 0 bridgehead atoms. The number of rotatable bonds is 5. The molecule has 19 heavy (non-hydrogen) atoms. The minimum absolute atomic E-state index is 0.271. The Balaban J connectivity index is 2.69. The van der Waals surface area contributed by atoms with Crippen LogP contribution >= 0.6 is 11.3 Å². The Kier molecular flexibility index (Phi) is 5.47. The monoisotopic (exact) mass is 284 g/mol. The molecule has 0 radical (unpaired) electrons. The van der Waals surface area contributed by atoms with E-state index in [0.717, 1.165) is 4.88 Å². The van der Waals surface area contributed by atoms with E-state index in [1.807, 2.05) is 20.8 Å². The summed E-state index contributed by atoms with van der Waals surface area (Å²) in [4.78, 5) is 29.0. The minimum atomic E-state index is -0.805. The first-order valence-electron chi connectivity index (χ1n) is 6.18. The van der Waals surface area contributed by atoms with Gasteiger partial charge in [0, 0.05) is 11.1 Å². The van der Waals surface area contributed by atoms with Gasteiger partial charge in [-0.2, -0.15) is 0 Å². The van der Waals surface area contributed by atoms with Crippen molar-refractivity contribution < 1.29 is 14.3 Å². The molecule has 6 heteroatoms. The van der Waals surface area contributed by atoms with Gasteiger partial charge in [-0.3, -0.25) is 14.6 Å². The summed E-state index contributed by atoms with van der Waals surface area (Å²) >= 11 is 1.46. The molecule has 0 saturated carbocycles. The van der Waals surface area contributed by atoms with Crippen LogP contribution in [0.5, 0.6) is 0 Å². The fraction of sp³-hybridized carbons (Fsp3) is 0.615. The van der Waals surface area contributed by atoms with Gasteiger partial charge in [0.15, 0.2) is 0 Å². The number of nitrogens with one attached hydrogen (secondary N) is 1. The second kappa shape index (κ2) is 6.65. The van der Waals surface area contributed by atoms with E-state index < -0.39 is 17.3 Å². The van der Waals surface area contributed by atoms with E-state index in [1.54, 1.807) is 18.6 Å². The third-order valence-electron chi connectivity index (χ3n) is 2.57. The third-order valence-corrected chi connectivity index (χ3v) is 3.35. The van der Waals surface area contributed by atoms with Crippen LogP contribution in [0.15, 0.2) is 11.7 Å². The zero-order valence-corrected chi connectivity index (χ0v) is 12.5. The van der Waals surface area contributed by atoms with E-state index in [0.29, 0.717) is 6.54 Å². The van der Waals surface area contributed by atoms with E-state index in [9.17, 15) is 9.59 Å². The SMILES string of the molecule is CCOC(=O)C(C(=O)NCc1cncs1)C(C)(C)C. The number of hydrogen-bond donors (Lipinski definition) is 1. The first-order chi connectivity index (χ1) is 8.86. The lowest BCUT2D eigenvalue weighted by atomic mass is 9.80. The van der Waals surface area contributed by atoms with Crippen molar-refractivity contribution in [3.05, 3.63) is 16.6 Å². The molecule has 1 unspecified atom stereocenters. The van der Waals surface area contributed by atoms with E-state index in [2.05, 4.69) is 10.3 Å². The van der Waals surface area contributed by atoms with Gasteiger partial charge in [-0.25, -0.2) is 0 Å². The molecule has 0 aromatic carbocycles. The molecule has 0 fully saturated rings. The van der Waals surface area contributed by atoms with Crippen LogP contribution in [0.25, 0.3) is 0 Å². The number of ether oxygens (including phenoxy) is 1. The van der Waals surface area contributed by atoms with Crippen LogP contribution in [0.2, 0.25) is 0 Å². The number of nitrogens with zero attached hydrogens (tertiary/aromatic N) is 1. The quantitative estimate of drug-likeness (QED) is 0.663.